The van der Waals surface area contributed by atoms with Gasteiger partial charge >= 0.3 is 6.18 Å². The van der Waals surface area contributed by atoms with Crippen molar-refractivity contribution in [2.24, 2.45) is 0 Å². The van der Waals surface area contributed by atoms with Gasteiger partial charge in [0.05, 0.1) is 15.6 Å². The Morgan fingerprint density at radius 3 is 2.10 bits per heavy atom. The summed E-state index contributed by atoms with van der Waals surface area (Å²) in [5.74, 6) is 0.155. The topological polar surface area (TPSA) is 37.9 Å². The molecule has 0 unspecified atom stereocenters. The van der Waals surface area contributed by atoms with E-state index in [-0.39, 0.29) is 21.7 Å². The first-order valence-electron chi connectivity index (χ1n) is 5.46. The molecule has 8 heteroatoms. The van der Waals surface area contributed by atoms with Crippen molar-refractivity contribution in [3.8, 4) is 11.6 Å². The summed E-state index contributed by atoms with van der Waals surface area (Å²) < 4.78 is 43.2. The predicted molar refractivity (Wildman–Crippen MR) is 69.6 cm³/mol. The zero-order valence-corrected chi connectivity index (χ0v) is 11.9. The Morgan fingerprint density at radius 2 is 1.70 bits per heavy atom. The molecular formula is C12H9Cl2F3N2O. The first-order chi connectivity index (χ1) is 9.20. The van der Waals surface area contributed by atoms with E-state index in [4.69, 9.17) is 27.9 Å². The van der Waals surface area contributed by atoms with Gasteiger partial charge in [0.15, 0.2) is 5.75 Å². The first kappa shape index (κ1) is 15.0. The van der Waals surface area contributed by atoms with Gasteiger partial charge < -0.3 is 4.74 Å². The summed E-state index contributed by atoms with van der Waals surface area (Å²) in [6.45, 7) is 3.53. The molecule has 108 valence electrons. The highest BCUT2D eigenvalue weighted by Gasteiger charge is 2.32. The highest BCUT2D eigenvalue weighted by molar-refractivity contribution is 6.37. The van der Waals surface area contributed by atoms with E-state index in [1.165, 1.54) is 0 Å². The number of nitrogens with one attached hydrogen (secondary N) is 1. The summed E-state index contributed by atoms with van der Waals surface area (Å²) >= 11 is 11.6. The molecule has 0 bridgehead atoms. The molecule has 0 saturated heterocycles. The minimum atomic E-state index is -4.52. The monoisotopic (exact) mass is 324 g/mol. The normalized spacial score (nSPS) is 11.8. The molecule has 0 saturated carbocycles. The molecule has 1 heterocycles. The van der Waals surface area contributed by atoms with Crippen LogP contribution in [0.2, 0.25) is 10.0 Å². The summed E-state index contributed by atoms with van der Waals surface area (Å²) in [7, 11) is 0. The average Bonchev–Trinajstić information content (AvgIpc) is 2.64. The highest BCUT2D eigenvalue weighted by Crippen LogP contribution is 2.41. The number of aryl methyl sites for hydroxylation is 1. The molecular weight excluding hydrogens is 316 g/mol. The van der Waals surface area contributed by atoms with E-state index in [1.54, 1.807) is 13.8 Å². The second-order valence-electron chi connectivity index (χ2n) is 4.15. The quantitative estimate of drug-likeness (QED) is 0.830. The summed E-state index contributed by atoms with van der Waals surface area (Å²) in [6.07, 6.45) is -4.52. The van der Waals surface area contributed by atoms with Gasteiger partial charge in [0, 0.05) is 11.3 Å². The van der Waals surface area contributed by atoms with E-state index in [9.17, 15) is 13.2 Å². The van der Waals surface area contributed by atoms with Crippen LogP contribution in [0.15, 0.2) is 12.1 Å². The van der Waals surface area contributed by atoms with Crippen molar-refractivity contribution >= 4 is 23.2 Å². The van der Waals surface area contributed by atoms with Crippen molar-refractivity contribution in [3.63, 3.8) is 0 Å². The van der Waals surface area contributed by atoms with Gasteiger partial charge in [0.25, 0.3) is 0 Å². The van der Waals surface area contributed by atoms with Crippen LogP contribution in [-0.2, 0) is 6.18 Å². The van der Waals surface area contributed by atoms with Crippen LogP contribution in [0.1, 0.15) is 16.8 Å². The van der Waals surface area contributed by atoms with Crippen molar-refractivity contribution in [3.05, 3.63) is 39.0 Å². The summed E-state index contributed by atoms with van der Waals surface area (Å²) in [5.41, 5.74) is 0.561. The Hall–Kier alpha value is -1.40. The number of rotatable bonds is 2. The fraction of sp³-hybridized carbons (Fsp3) is 0.250. The van der Waals surface area contributed by atoms with Crippen LogP contribution >= 0.6 is 23.2 Å². The van der Waals surface area contributed by atoms with Crippen LogP contribution in [0.3, 0.4) is 0 Å². The number of aromatic nitrogens is 2. The van der Waals surface area contributed by atoms with E-state index < -0.39 is 11.7 Å². The van der Waals surface area contributed by atoms with E-state index >= 15 is 0 Å². The number of benzene rings is 1. The van der Waals surface area contributed by atoms with Crippen molar-refractivity contribution in [2.45, 2.75) is 20.0 Å². The molecule has 2 rings (SSSR count). The lowest BCUT2D eigenvalue weighted by Crippen LogP contribution is -2.05. The third-order valence-corrected chi connectivity index (χ3v) is 3.29. The second kappa shape index (κ2) is 5.18. The SMILES string of the molecule is Cc1[nH]nc(Oc2c(Cl)cc(C(F)(F)F)cc2Cl)c1C. The van der Waals surface area contributed by atoms with E-state index in [1.807, 2.05) is 0 Å². The van der Waals surface area contributed by atoms with Gasteiger partial charge in [-0.1, -0.05) is 23.2 Å². The Kier molecular flexibility index (Phi) is 3.88. The van der Waals surface area contributed by atoms with Gasteiger partial charge in [0.2, 0.25) is 5.88 Å². The van der Waals surface area contributed by atoms with Crippen LogP contribution in [-0.4, -0.2) is 10.2 Å². The summed E-state index contributed by atoms with van der Waals surface area (Å²) in [4.78, 5) is 0. The van der Waals surface area contributed by atoms with Gasteiger partial charge in [-0.25, -0.2) is 0 Å². The molecule has 0 aliphatic heterocycles. The molecule has 0 aliphatic rings. The molecule has 1 aromatic heterocycles. The smallest absolute Gasteiger partial charge is 0.416 e. The second-order valence-corrected chi connectivity index (χ2v) is 4.96. The van der Waals surface area contributed by atoms with Gasteiger partial charge in [-0.15, -0.1) is 5.10 Å². The molecule has 3 nitrogen and oxygen atoms in total. The largest absolute Gasteiger partial charge is 0.434 e. The number of H-pyrrole nitrogens is 1. The van der Waals surface area contributed by atoms with Crippen LogP contribution in [0, 0.1) is 13.8 Å². The number of hydrogen-bond donors (Lipinski definition) is 1. The highest BCUT2D eigenvalue weighted by atomic mass is 35.5. The Bertz CT molecular complexity index is 630. The van der Waals surface area contributed by atoms with E-state index in [2.05, 4.69) is 10.2 Å². The van der Waals surface area contributed by atoms with Crippen LogP contribution in [0.5, 0.6) is 11.6 Å². The Morgan fingerprint density at radius 1 is 1.15 bits per heavy atom. The zero-order chi connectivity index (χ0) is 15.1. The fourth-order valence-corrected chi connectivity index (χ4v) is 2.04. The van der Waals surface area contributed by atoms with Gasteiger partial charge in [-0.05, 0) is 26.0 Å². The maximum Gasteiger partial charge on any atom is 0.416 e. The lowest BCUT2D eigenvalue weighted by atomic mass is 10.2. The molecule has 1 N–H and O–H groups in total. The maximum absolute atomic E-state index is 12.6. The minimum Gasteiger partial charge on any atom is -0.434 e. The van der Waals surface area contributed by atoms with Gasteiger partial charge in [-0.2, -0.15) is 13.2 Å². The molecule has 0 fully saturated rings. The Labute approximate surface area is 122 Å². The molecule has 0 atom stereocenters. The van der Waals surface area contributed by atoms with Crippen molar-refractivity contribution in [1.82, 2.24) is 10.2 Å². The first-order valence-corrected chi connectivity index (χ1v) is 6.21. The lowest BCUT2D eigenvalue weighted by Gasteiger charge is -2.12. The number of hydrogen-bond acceptors (Lipinski definition) is 2. The number of halogens is 5. The molecule has 0 aliphatic carbocycles. The third-order valence-electron chi connectivity index (χ3n) is 2.73. The van der Waals surface area contributed by atoms with Crippen LogP contribution in [0.25, 0.3) is 0 Å². The molecule has 0 radical (unpaired) electrons. The fourth-order valence-electron chi connectivity index (χ4n) is 1.48. The number of nitrogens with zero attached hydrogens (tertiary/aromatic N) is 1. The average molecular weight is 325 g/mol. The molecule has 20 heavy (non-hydrogen) atoms. The maximum atomic E-state index is 12.6. The van der Waals surface area contributed by atoms with Crippen LogP contribution in [0.4, 0.5) is 13.2 Å². The molecule has 0 spiro atoms. The van der Waals surface area contributed by atoms with Crippen molar-refractivity contribution in [2.75, 3.05) is 0 Å². The van der Waals surface area contributed by atoms with Crippen LogP contribution < -0.4 is 4.74 Å². The predicted octanol–water partition coefficient (Wildman–Crippen LogP) is 5.14. The number of aromatic amines is 1. The summed E-state index contributed by atoms with van der Waals surface area (Å²) in [5, 5.41) is 6.10. The molecule has 0 amide bonds. The van der Waals surface area contributed by atoms with Crippen molar-refractivity contribution < 1.29 is 17.9 Å². The number of ether oxygens (including phenoxy) is 1. The molecule has 2 aromatic rings. The van der Waals surface area contributed by atoms with E-state index in [0.717, 1.165) is 23.4 Å². The van der Waals surface area contributed by atoms with Gasteiger partial charge in [0.1, 0.15) is 0 Å². The minimum absolute atomic E-state index is 0.0593. The summed E-state index contributed by atoms with van der Waals surface area (Å²) in [6, 6.07) is 1.52. The van der Waals surface area contributed by atoms with Gasteiger partial charge in [-0.3, -0.25) is 5.10 Å². The van der Waals surface area contributed by atoms with E-state index in [0.29, 0.717) is 0 Å². The zero-order valence-electron chi connectivity index (χ0n) is 10.4. The number of alkyl halides is 3. The lowest BCUT2D eigenvalue weighted by molar-refractivity contribution is -0.137. The van der Waals surface area contributed by atoms with Crippen molar-refractivity contribution in [1.29, 1.82) is 0 Å². The molecule has 1 aromatic carbocycles. The Balaban J connectivity index is 2.41. The standard InChI is InChI=1S/C12H9Cl2F3N2O/c1-5-6(2)18-19-11(5)20-10-8(13)3-7(4-9(10)14)12(15,16)17/h3-4H,1-2H3,(H,18,19). The third kappa shape index (κ3) is 2.86.